The number of para-hydroxylation sites is 1. The van der Waals surface area contributed by atoms with Crippen molar-refractivity contribution in [1.82, 2.24) is 9.80 Å². The molecule has 0 radical (unpaired) electrons. The van der Waals surface area contributed by atoms with Crippen LogP contribution in [0.3, 0.4) is 0 Å². The largest absolute Gasteiger partial charge is 0.464 e. The van der Waals surface area contributed by atoms with E-state index in [1.165, 1.54) is 41.0 Å². The van der Waals surface area contributed by atoms with Gasteiger partial charge in [-0.05, 0) is 42.2 Å². The molecule has 37 heavy (non-hydrogen) atoms. The van der Waals surface area contributed by atoms with Crippen molar-refractivity contribution in [2.75, 3.05) is 13.1 Å². The van der Waals surface area contributed by atoms with Gasteiger partial charge in [-0.25, -0.2) is 4.39 Å². The van der Waals surface area contributed by atoms with Gasteiger partial charge in [0.05, 0.1) is 23.8 Å². The topological polar surface area (TPSA) is 70.8 Å². The van der Waals surface area contributed by atoms with Crippen molar-refractivity contribution in [1.29, 1.82) is 0 Å². The maximum atomic E-state index is 13.5. The first-order valence-corrected chi connectivity index (χ1v) is 12.8. The summed E-state index contributed by atoms with van der Waals surface area (Å²) in [5.41, 5.74) is 1.30. The summed E-state index contributed by atoms with van der Waals surface area (Å²) >= 11 is 0. The number of carbonyl (C=O) groups is 2. The van der Waals surface area contributed by atoms with E-state index >= 15 is 0 Å². The standard InChI is InChI=1S/C30H33FN2O4/c1-2-17-32(28(34)16-13-22-7-3-4-8-22)20-29(35)33(18-23-11-14-25(31)15-12-23)19-24-21-37-27-10-6-5-9-26(27)30(24)36/h2,5-6,9-12,14-15,21-22H,1,3-4,7-8,13,16-20H2. The summed E-state index contributed by atoms with van der Waals surface area (Å²) in [7, 11) is 0. The Bertz CT molecular complexity index is 1290. The Morgan fingerprint density at radius 3 is 2.46 bits per heavy atom. The molecule has 0 atom stereocenters. The minimum Gasteiger partial charge on any atom is -0.464 e. The van der Waals surface area contributed by atoms with E-state index in [-0.39, 0.29) is 49.2 Å². The van der Waals surface area contributed by atoms with Gasteiger partial charge in [-0.2, -0.15) is 0 Å². The highest BCUT2D eigenvalue weighted by molar-refractivity contribution is 5.85. The molecule has 2 aromatic carbocycles. The highest BCUT2D eigenvalue weighted by atomic mass is 19.1. The van der Waals surface area contributed by atoms with E-state index in [0.29, 0.717) is 34.4 Å². The number of nitrogens with zero attached hydrogens (tertiary/aromatic N) is 2. The zero-order valence-electron chi connectivity index (χ0n) is 21.0. The van der Waals surface area contributed by atoms with Gasteiger partial charge in [-0.15, -0.1) is 6.58 Å². The zero-order valence-corrected chi connectivity index (χ0v) is 21.0. The molecule has 1 heterocycles. The lowest BCUT2D eigenvalue weighted by atomic mass is 10.0. The van der Waals surface area contributed by atoms with Crippen LogP contribution in [-0.4, -0.2) is 34.7 Å². The molecular weight excluding hydrogens is 471 g/mol. The predicted octanol–water partition coefficient (Wildman–Crippen LogP) is 5.45. The van der Waals surface area contributed by atoms with Crippen LogP contribution in [0.25, 0.3) is 11.0 Å². The van der Waals surface area contributed by atoms with Gasteiger partial charge in [0.15, 0.2) is 5.43 Å². The van der Waals surface area contributed by atoms with Gasteiger partial charge < -0.3 is 14.2 Å². The number of hydrogen-bond acceptors (Lipinski definition) is 4. The van der Waals surface area contributed by atoms with E-state index in [2.05, 4.69) is 6.58 Å². The second-order valence-electron chi connectivity index (χ2n) is 9.71. The monoisotopic (exact) mass is 504 g/mol. The molecule has 194 valence electrons. The molecule has 7 heteroatoms. The van der Waals surface area contributed by atoms with Crippen LogP contribution in [0.1, 0.15) is 49.7 Å². The number of rotatable bonds is 11. The van der Waals surface area contributed by atoms with E-state index in [1.54, 1.807) is 42.5 Å². The lowest BCUT2D eigenvalue weighted by Crippen LogP contribution is -2.43. The van der Waals surface area contributed by atoms with Gasteiger partial charge in [-0.3, -0.25) is 14.4 Å². The summed E-state index contributed by atoms with van der Waals surface area (Å²) in [6.07, 6.45) is 8.98. The van der Waals surface area contributed by atoms with Crippen molar-refractivity contribution in [3.63, 3.8) is 0 Å². The molecule has 0 spiro atoms. The number of fused-ring (bicyclic) bond motifs is 1. The summed E-state index contributed by atoms with van der Waals surface area (Å²) in [5, 5.41) is 0.435. The Labute approximate surface area is 216 Å². The van der Waals surface area contributed by atoms with E-state index in [0.717, 1.165) is 19.3 Å². The molecule has 0 saturated heterocycles. The van der Waals surface area contributed by atoms with Crippen molar-refractivity contribution in [3.8, 4) is 0 Å². The third-order valence-corrected chi connectivity index (χ3v) is 7.02. The zero-order chi connectivity index (χ0) is 26.2. The maximum absolute atomic E-state index is 13.5. The van der Waals surface area contributed by atoms with Crippen LogP contribution in [0, 0.1) is 11.7 Å². The number of hydrogen-bond donors (Lipinski definition) is 0. The third-order valence-electron chi connectivity index (χ3n) is 7.02. The Balaban J connectivity index is 1.53. The molecule has 0 bridgehead atoms. The Morgan fingerprint density at radius 2 is 1.73 bits per heavy atom. The molecule has 2 amide bonds. The predicted molar refractivity (Wildman–Crippen MR) is 141 cm³/mol. The molecule has 4 rings (SSSR count). The summed E-state index contributed by atoms with van der Waals surface area (Å²) in [5.74, 6) is -0.186. The fourth-order valence-corrected chi connectivity index (χ4v) is 4.93. The van der Waals surface area contributed by atoms with Crippen molar-refractivity contribution >= 4 is 22.8 Å². The molecule has 1 fully saturated rings. The number of benzene rings is 2. The molecule has 6 nitrogen and oxygen atoms in total. The summed E-state index contributed by atoms with van der Waals surface area (Å²) in [4.78, 5) is 42.7. The summed E-state index contributed by atoms with van der Waals surface area (Å²) < 4.78 is 19.1. The number of amides is 2. The normalized spacial score (nSPS) is 13.5. The Kier molecular flexibility index (Phi) is 8.88. The fraction of sp³-hybridized carbons (Fsp3) is 0.367. The lowest BCUT2D eigenvalue weighted by molar-refractivity contribution is -0.141. The first-order chi connectivity index (χ1) is 17.9. The van der Waals surface area contributed by atoms with Gasteiger partial charge >= 0.3 is 0 Å². The lowest BCUT2D eigenvalue weighted by Gasteiger charge is -2.27. The highest BCUT2D eigenvalue weighted by Gasteiger charge is 2.24. The molecule has 0 N–H and O–H groups in total. The second-order valence-corrected chi connectivity index (χ2v) is 9.71. The van der Waals surface area contributed by atoms with Crippen molar-refractivity contribution in [3.05, 3.63) is 94.6 Å². The minimum absolute atomic E-state index is 0.00156. The molecule has 1 aliphatic carbocycles. The molecule has 1 saturated carbocycles. The first-order valence-electron chi connectivity index (χ1n) is 12.8. The molecule has 0 unspecified atom stereocenters. The summed E-state index contributed by atoms with van der Waals surface area (Å²) in [6.45, 7) is 4.04. The molecule has 1 aromatic heterocycles. The molecular formula is C30H33FN2O4. The van der Waals surface area contributed by atoms with E-state index in [1.807, 2.05) is 0 Å². The third kappa shape index (κ3) is 6.94. The van der Waals surface area contributed by atoms with Crippen LogP contribution in [0.15, 0.2) is 76.7 Å². The molecule has 3 aromatic rings. The van der Waals surface area contributed by atoms with Crippen LogP contribution in [0.2, 0.25) is 0 Å². The smallest absolute Gasteiger partial charge is 0.242 e. The minimum atomic E-state index is -0.373. The van der Waals surface area contributed by atoms with Crippen LogP contribution >= 0.6 is 0 Å². The fourth-order valence-electron chi connectivity index (χ4n) is 4.93. The number of halogens is 1. The van der Waals surface area contributed by atoms with E-state index in [9.17, 15) is 18.8 Å². The van der Waals surface area contributed by atoms with Gasteiger partial charge in [0.25, 0.3) is 0 Å². The quantitative estimate of drug-likeness (QED) is 0.326. The van der Waals surface area contributed by atoms with Crippen molar-refractivity contribution in [2.24, 2.45) is 5.92 Å². The van der Waals surface area contributed by atoms with Crippen LogP contribution in [-0.2, 0) is 22.7 Å². The van der Waals surface area contributed by atoms with E-state index in [4.69, 9.17) is 4.42 Å². The second kappa shape index (κ2) is 12.5. The maximum Gasteiger partial charge on any atom is 0.242 e. The Hall–Kier alpha value is -3.74. The van der Waals surface area contributed by atoms with Gasteiger partial charge in [-0.1, -0.05) is 56.0 Å². The average molecular weight is 505 g/mol. The molecule has 0 aliphatic heterocycles. The number of carbonyl (C=O) groups excluding carboxylic acids is 2. The van der Waals surface area contributed by atoms with Crippen molar-refractivity contribution < 1.29 is 18.4 Å². The summed E-state index contributed by atoms with van der Waals surface area (Å²) in [6, 6.07) is 12.8. The molecule has 1 aliphatic rings. The van der Waals surface area contributed by atoms with Gasteiger partial charge in [0.1, 0.15) is 17.9 Å². The van der Waals surface area contributed by atoms with Crippen LogP contribution in [0.4, 0.5) is 4.39 Å². The average Bonchev–Trinajstić information content (AvgIpc) is 3.43. The van der Waals surface area contributed by atoms with Crippen LogP contribution in [0.5, 0.6) is 0 Å². The van der Waals surface area contributed by atoms with E-state index < -0.39 is 0 Å². The SMILES string of the molecule is C=CCN(CC(=O)N(Cc1ccc(F)cc1)Cc1coc2ccccc2c1=O)C(=O)CCC1CCCC1. The first kappa shape index (κ1) is 26.3. The van der Waals surface area contributed by atoms with Gasteiger partial charge in [0, 0.05) is 19.5 Å². The highest BCUT2D eigenvalue weighted by Crippen LogP contribution is 2.28. The Morgan fingerprint density at radius 1 is 1.00 bits per heavy atom. The van der Waals surface area contributed by atoms with Gasteiger partial charge in [0.2, 0.25) is 11.8 Å². The van der Waals surface area contributed by atoms with Crippen molar-refractivity contribution in [2.45, 2.75) is 51.6 Å². The van der Waals surface area contributed by atoms with Crippen LogP contribution < -0.4 is 5.43 Å².